The molecular formula is C17H27N7O6S. The average molecular weight is 458 g/mol. The van der Waals surface area contributed by atoms with Crippen LogP contribution in [0.25, 0.3) is 0 Å². The van der Waals surface area contributed by atoms with E-state index in [9.17, 15) is 29.1 Å². The lowest BCUT2D eigenvalue weighted by atomic mass is 10.1. The first-order chi connectivity index (χ1) is 14.6. The Labute approximate surface area is 182 Å². The summed E-state index contributed by atoms with van der Waals surface area (Å²) >= 11 is 1.52. The van der Waals surface area contributed by atoms with E-state index in [-0.39, 0.29) is 6.42 Å². The van der Waals surface area contributed by atoms with Crippen LogP contribution in [0.1, 0.15) is 18.5 Å². The van der Waals surface area contributed by atoms with E-state index in [0.29, 0.717) is 17.9 Å². The Morgan fingerprint density at radius 3 is 2.45 bits per heavy atom. The Kier molecular flexibility index (Phi) is 11.1. The first-order valence-corrected chi connectivity index (χ1v) is 10.6. The number of rotatable bonds is 14. The maximum Gasteiger partial charge on any atom is 0.326 e. The zero-order valence-electron chi connectivity index (χ0n) is 16.9. The quantitative estimate of drug-likeness (QED) is 0.152. The molecule has 9 N–H and O–H groups in total. The van der Waals surface area contributed by atoms with Crippen molar-refractivity contribution in [3.05, 3.63) is 18.2 Å². The second-order valence-corrected chi connectivity index (χ2v) is 7.56. The number of carboxylic acids is 1. The minimum atomic E-state index is -1.42. The number of aromatic nitrogens is 2. The van der Waals surface area contributed by atoms with Gasteiger partial charge in [0.05, 0.1) is 25.3 Å². The molecule has 0 saturated heterocycles. The molecule has 0 bridgehead atoms. The summed E-state index contributed by atoms with van der Waals surface area (Å²) < 4.78 is 0. The molecule has 0 aliphatic heterocycles. The smallest absolute Gasteiger partial charge is 0.326 e. The van der Waals surface area contributed by atoms with Crippen LogP contribution in [0, 0.1) is 0 Å². The van der Waals surface area contributed by atoms with Crippen LogP contribution in [0.4, 0.5) is 0 Å². The summed E-state index contributed by atoms with van der Waals surface area (Å²) in [5.74, 6) is -3.76. The van der Waals surface area contributed by atoms with Crippen LogP contribution in [0.5, 0.6) is 0 Å². The van der Waals surface area contributed by atoms with Gasteiger partial charge in [-0.05, 0) is 18.4 Å². The predicted octanol–water partition coefficient (Wildman–Crippen LogP) is -2.92. The van der Waals surface area contributed by atoms with Crippen molar-refractivity contribution in [2.45, 2.75) is 37.4 Å². The highest BCUT2D eigenvalue weighted by Gasteiger charge is 2.28. The molecule has 0 spiro atoms. The van der Waals surface area contributed by atoms with Gasteiger partial charge < -0.3 is 37.5 Å². The van der Waals surface area contributed by atoms with Gasteiger partial charge in [0.15, 0.2) is 0 Å². The number of nitrogens with one attached hydrogen (secondary N) is 4. The number of thioether (sulfide) groups is 1. The largest absolute Gasteiger partial charge is 0.480 e. The van der Waals surface area contributed by atoms with Crippen LogP contribution < -0.4 is 27.4 Å². The van der Waals surface area contributed by atoms with Crippen molar-refractivity contribution in [3.8, 4) is 0 Å². The summed E-state index contributed by atoms with van der Waals surface area (Å²) in [4.78, 5) is 65.7. The van der Waals surface area contributed by atoms with E-state index in [1.54, 1.807) is 0 Å². The molecule has 4 amide bonds. The Balaban J connectivity index is 2.68. The van der Waals surface area contributed by atoms with Gasteiger partial charge in [0.25, 0.3) is 0 Å². The number of aliphatic carboxylic acids is 1. The molecule has 0 aliphatic rings. The van der Waals surface area contributed by atoms with Gasteiger partial charge in [-0.15, -0.1) is 0 Å². The lowest BCUT2D eigenvalue weighted by Gasteiger charge is -2.20. The molecule has 14 heteroatoms. The number of hydrogen-bond donors (Lipinski definition) is 7. The number of nitrogens with zero attached hydrogens (tertiary/aromatic N) is 1. The Morgan fingerprint density at radius 2 is 1.90 bits per heavy atom. The minimum absolute atomic E-state index is 0.0949. The number of H-pyrrole nitrogens is 1. The number of hydrogen-bond acceptors (Lipinski definition) is 8. The van der Waals surface area contributed by atoms with Gasteiger partial charge in [-0.2, -0.15) is 11.8 Å². The molecule has 0 radical (unpaired) electrons. The maximum atomic E-state index is 12.5. The SMILES string of the molecule is CSCCC(N)C(=O)NCC(=O)NC(CC(N)=O)C(=O)NC(Cc1cnc[nH]1)C(=O)O. The Morgan fingerprint density at radius 1 is 1.19 bits per heavy atom. The lowest BCUT2D eigenvalue weighted by Crippen LogP contribution is -2.55. The van der Waals surface area contributed by atoms with E-state index < -0.39 is 60.7 Å². The number of nitrogens with two attached hydrogens (primary N) is 2. The number of primary amides is 1. The van der Waals surface area contributed by atoms with Gasteiger partial charge >= 0.3 is 5.97 Å². The molecule has 1 rings (SSSR count). The maximum absolute atomic E-state index is 12.5. The summed E-state index contributed by atoms with van der Waals surface area (Å²) in [7, 11) is 0. The van der Waals surface area contributed by atoms with Crippen LogP contribution in [0.3, 0.4) is 0 Å². The zero-order chi connectivity index (χ0) is 23.4. The van der Waals surface area contributed by atoms with Crippen molar-refractivity contribution in [1.82, 2.24) is 25.9 Å². The Hall–Kier alpha value is -3.13. The zero-order valence-corrected chi connectivity index (χ0v) is 17.7. The molecule has 1 aromatic rings. The van der Waals surface area contributed by atoms with Crippen molar-refractivity contribution in [3.63, 3.8) is 0 Å². The minimum Gasteiger partial charge on any atom is -0.480 e. The van der Waals surface area contributed by atoms with Gasteiger partial charge in [0.1, 0.15) is 12.1 Å². The lowest BCUT2D eigenvalue weighted by molar-refractivity contribution is -0.142. The van der Waals surface area contributed by atoms with Crippen LogP contribution >= 0.6 is 11.8 Å². The first-order valence-electron chi connectivity index (χ1n) is 9.24. The third-order valence-corrected chi connectivity index (χ3v) is 4.69. The first kappa shape index (κ1) is 25.9. The fraction of sp³-hybridized carbons (Fsp3) is 0.529. The van der Waals surface area contributed by atoms with E-state index in [4.69, 9.17) is 11.5 Å². The van der Waals surface area contributed by atoms with Gasteiger partial charge in [-0.3, -0.25) is 19.2 Å². The number of carboxylic acid groups (broad SMARTS) is 1. The third-order valence-electron chi connectivity index (χ3n) is 4.04. The van der Waals surface area contributed by atoms with Crippen molar-refractivity contribution in [2.24, 2.45) is 11.5 Å². The highest BCUT2D eigenvalue weighted by Crippen LogP contribution is 2.01. The molecule has 3 atom stereocenters. The number of amides is 4. The van der Waals surface area contributed by atoms with E-state index in [1.807, 2.05) is 6.26 Å². The molecule has 1 heterocycles. The number of imidazole rings is 1. The molecule has 1 aromatic heterocycles. The summed E-state index contributed by atoms with van der Waals surface area (Å²) in [5.41, 5.74) is 11.3. The molecule has 3 unspecified atom stereocenters. The van der Waals surface area contributed by atoms with Gasteiger partial charge in [-0.25, -0.2) is 9.78 Å². The van der Waals surface area contributed by atoms with Crippen LogP contribution in [0.2, 0.25) is 0 Å². The van der Waals surface area contributed by atoms with E-state index >= 15 is 0 Å². The van der Waals surface area contributed by atoms with Crippen LogP contribution in [-0.4, -0.2) is 81.4 Å². The van der Waals surface area contributed by atoms with Gasteiger partial charge in [0.2, 0.25) is 23.6 Å². The molecule has 0 fully saturated rings. The third kappa shape index (κ3) is 9.95. The summed E-state index contributed by atoms with van der Waals surface area (Å²) in [6.07, 6.45) is 4.39. The van der Waals surface area contributed by atoms with Crippen LogP contribution in [-0.2, 0) is 30.4 Å². The standard InChI is InChI=1S/C17H27N7O6S/c1-31-3-2-10(18)15(27)21-7-14(26)23-11(5-13(19)25)16(28)24-12(17(29)30)4-9-6-20-8-22-9/h6,8,10-12H,2-5,7,18H2,1H3,(H2,19,25)(H,20,22)(H,21,27)(H,23,26)(H,24,28)(H,29,30). The van der Waals surface area contributed by atoms with Gasteiger partial charge in [-0.1, -0.05) is 0 Å². The van der Waals surface area contributed by atoms with E-state index in [1.165, 1.54) is 24.3 Å². The van der Waals surface area contributed by atoms with Gasteiger partial charge in [0, 0.05) is 18.3 Å². The molecular weight excluding hydrogens is 430 g/mol. The second kappa shape index (κ2) is 13.2. The highest BCUT2D eigenvalue weighted by atomic mass is 32.2. The topological polar surface area (TPSA) is 222 Å². The van der Waals surface area contributed by atoms with Crippen molar-refractivity contribution < 1.29 is 29.1 Å². The normalized spacial score (nSPS) is 13.5. The highest BCUT2D eigenvalue weighted by molar-refractivity contribution is 7.98. The fourth-order valence-electron chi connectivity index (χ4n) is 2.42. The van der Waals surface area contributed by atoms with Crippen molar-refractivity contribution in [2.75, 3.05) is 18.6 Å². The molecule has 13 nitrogen and oxygen atoms in total. The predicted molar refractivity (Wildman–Crippen MR) is 112 cm³/mol. The number of carbonyl (C=O) groups excluding carboxylic acids is 4. The molecule has 0 saturated carbocycles. The molecule has 31 heavy (non-hydrogen) atoms. The summed E-state index contributed by atoms with van der Waals surface area (Å²) in [5, 5.41) is 16.2. The molecule has 0 aliphatic carbocycles. The van der Waals surface area contributed by atoms with Crippen molar-refractivity contribution >= 4 is 41.4 Å². The Bertz CT molecular complexity index is 773. The summed E-state index contributed by atoms with van der Waals surface area (Å²) in [6, 6.07) is -3.55. The number of aromatic amines is 1. The summed E-state index contributed by atoms with van der Waals surface area (Å²) in [6.45, 7) is -0.481. The average Bonchev–Trinajstić information content (AvgIpc) is 3.21. The van der Waals surface area contributed by atoms with E-state index in [0.717, 1.165) is 0 Å². The number of carbonyl (C=O) groups is 5. The van der Waals surface area contributed by atoms with E-state index in [2.05, 4.69) is 25.9 Å². The molecule has 172 valence electrons. The van der Waals surface area contributed by atoms with Crippen LogP contribution in [0.15, 0.2) is 12.5 Å². The second-order valence-electron chi connectivity index (χ2n) is 6.58. The van der Waals surface area contributed by atoms with Crippen molar-refractivity contribution in [1.29, 1.82) is 0 Å². The monoisotopic (exact) mass is 457 g/mol. The fourth-order valence-corrected chi connectivity index (χ4v) is 2.91. The molecule has 0 aromatic carbocycles.